The number of benzene rings is 2. The lowest BCUT2D eigenvalue weighted by molar-refractivity contribution is -0.124. The molecule has 1 aliphatic rings. The van der Waals surface area contributed by atoms with Crippen LogP contribution in [0.15, 0.2) is 42.5 Å². The summed E-state index contributed by atoms with van der Waals surface area (Å²) in [6.07, 6.45) is -0.737. The van der Waals surface area contributed by atoms with Crippen LogP contribution in [0.1, 0.15) is 11.1 Å². The Hall–Kier alpha value is -2.60. The number of primary amides is 1. The molecule has 0 bridgehead atoms. The van der Waals surface area contributed by atoms with E-state index in [0.717, 1.165) is 11.4 Å². The molecular weight excluding hydrogens is 322 g/mol. The Balaban J connectivity index is 1.87. The van der Waals surface area contributed by atoms with E-state index in [4.69, 9.17) is 22.7 Å². The highest BCUT2D eigenvalue weighted by Gasteiger charge is 2.31. The van der Waals surface area contributed by atoms with Crippen LogP contribution in [0.4, 0.5) is 11.4 Å². The molecule has 0 radical (unpaired) electrons. The van der Waals surface area contributed by atoms with E-state index in [1.54, 1.807) is 6.07 Å². The van der Waals surface area contributed by atoms with Crippen molar-refractivity contribution in [3.05, 3.63) is 53.6 Å². The predicted octanol–water partition coefficient (Wildman–Crippen LogP) is 2.75. The first-order valence-electron chi connectivity index (χ1n) is 7.66. The van der Waals surface area contributed by atoms with E-state index in [9.17, 15) is 4.79 Å². The summed E-state index contributed by atoms with van der Waals surface area (Å²) < 4.78 is 5.66. The van der Waals surface area contributed by atoms with Gasteiger partial charge < -0.3 is 20.7 Å². The zero-order valence-corrected chi connectivity index (χ0v) is 14.4. The molecule has 2 aromatic carbocycles. The van der Waals surface area contributed by atoms with Crippen molar-refractivity contribution >= 4 is 34.6 Å². The number of carbonyl (C=O) groups excluding carboxylic acids is 1. The van der Waals surface area contributed by atoms with Crippen LogP contribution in [0.25, 0.3) is 0 Å². The van der Waals surface area contributed by atoms with Crippen LogP contribution >= 0.6 is 12.2 Å². The van der Waals surface area contributed by atoms with E-state index in [0.29, 0.717) is 10.9 Å². The van der Waals surface area contributed by atoms with E-state index in [-0.39, 0.29) is 6.54 Å². The number of rotatable bonds is 2. The molecule has 3 N–H and O–H groups in total. The average molecular weight is 341 g/mol. The second kappa shape index (κ2) is 6.49. The lowest BCUT2D eigenvalue weighted by atomic mass is 10.1. The quantitative estimate of drug-likeness (QED) is 0.822. The first kappa shape index (κ1) is 16.3. The van der Waals surface area contributed by atoms with Crippen molar-refractivity contribution in [2.45, 2.75) is 20.0 Å². The molecule has 1 aliphatic heterocycles. The van der Waals surface area contributed by atoms with E-state index >= 15 is 0 Å². The van der Waals surface area contributed by atoms with Crippen LogP contribution in [0.3, 0.4) is 0 Å². The fourth-order valence-corrected chi connectivity index (χ4v) is 2.88. The third-order valence-corrected chi connectivity index (χ3v) is 4.42. The summed E-state index contributed by atoms with van der Waals surface area (Å²) in [7, 11) is 0. The van der Waals surface area contributed by atoms with Gasteiger partial charge >= 0.3 is 0 Å². The Morgan fingerprint density at radius 2 is 2.00 bits per heavy atom. The van der Waals surface area contributed by atoms with Crippen LogP contribution in [0, 0.1) is 13.8 Å². The van der Waals surface area contributed by atoms with E-state index in [2.05, 4.69) is 19.2 Å². The van der Waals surface area contributed by atoms with Crippen LogP contribution in [0.2, 0.25) is 0 Å². The van der Waals surface area contributed by atoms with Gasteiger partial charge in [-0.3, -0.25) is 4.79 Å². The fourth-order valence-electron chi connectivity index (χ4n) is 2.59. The molecule has 2 aromatic rings. The molecule has 1 unspecified atom stereocenters. The monoisotopic (exact) mass is 341 g/mol. The lowest BCUT2D eigenvalue weighted by Crippen LogP contribution is -2.50. The van der Waals surface area contributed by atoms with Crippen molar-refractivity contribution in [1.82, 2.24) is 0 Å². The number of anilines is 2. The minimum Gasteiger partial charge on any atom is -0.477 e. The molecule has 124 valence electrons. The van der Waals surface area contributed by atoms with Gasteiger partial charge in [0.25, 0.3) is 5.91 Å². The molecular formula is C18H19N3O2S. The number of nitrogens with two attached hydrogens (primary N) is 1. The van der Waals surface area contributed by atoms with E-state index in [1.165, 1.54) is 11.1 Å². The van der Waals surface area contributed by atoms with Crippen molar-refractivity contribution < 1.29 is 9.53 Å². The Morgan fingerprint density at radius 3 is 2.71 bits per heavy atom. The van der Waals surface area contributed by atoms with Crippen molar-refractivity contribution in [2.75, 3.05) is 16.8 Å². The number of hydrogen-bond acceptors (Lipinski definition) is 3. The third kappa shape index (κ3) is 3.19. The van der Waals surface area contributed by atoms with Gasteiger partial charge in [0.2, 0.25) is 0 Å². The summed E-state index contributed by atoms with van der Waals surface area (Å²) in [5.74, 6) is 0.0836. The number of nitrogens with one attached hydrogen (secondary N) is 1. The maximum atomic E-state index is 11.6. The molecule has 0 saturated heterocycles. The van der Waals surface area contributed by atoms with Gasteiger partial charge in [0.15, 0.2) is 11.2 Å². The van der Waals surface area contributed by atoms with Gasteiger partial charge in [0.1, 0.15) is 5.75 Å². The van der Waals surface area contributed by atoms with E-state index in [1.807, 2.05) is 41.3 Å². The second-order valence-corrected chi connectivity index (χ2v) is 6.20. The van der Waals surface area contributed by atoms with Crippen molar-refractivity contribution in [1.29, 1.82) is 0 Å². The highest BCUT2D eigenvalue weighted by Crippen LogP contribution is 2.33. The van der Waals surface area contributed by atoms with E-state index < -0.39 is 12.0 Å². The summed E-state index contributed by atoms with van der Waals surface area (Å²) in [6, 6.07) is 13.5. The lowest BCUT2D eigenvalue weighted by Gasteiger charge is -2.35. The maximum Gasteiger partial charge on any atom is 0.260 e. The molecule has 24 heavy (non-hydrogen) atoms. The van der Waals surface area contributed by atoms with Gasteiger partial charge in [-0.2, -0.15) is 0 Å². The number of carbonyl (C=O) groups is 1. The number of para-hydroxylation sites is 2. The highest BCUT2D eigenvalue weighted by molar-refractivity contribution is 7.80. The van der Waals surface area contributed by atoms with Gasteiger partial charge in [-0.05, 0) is 61.5 Å². The zero-order valence-electron chi connectivity index (χ0n) is 13.6. The Bertz CT molecular complexity index is 807. The molecule has 5 nitrogen and oxygen atoms in total. The molecule has 6 heteroatoms. The SMILES string of the molecule is Cc1ccc(NC(=S)N2CC(C(N)=O)Oc3ccccc32)cc1C. The van der Waals surface area contributed by atoms with Crippen molar-refractivity contribution in [2.24, 2.45) is 5.73 Å². The summed E-state index contributed by atoms with van der Waals surface area (Å²) in [6.45, 7) is 4.40. The molecule has 0 saturated carbocycles. The average Bonchev–Trinajstić information content (AvgIpc) is 2.57. The van der Waals surface area contributed by atoms with Gasteiger partial charge in [-0.25, -0.2) is 0 Å². The fraction of sp³-hybridized carbons (Fsp3) is 0.222. The number of fused-ring (bicyclic) bond motifs is 1. The van der Waals surface area contributed by atoms with Crippen LogP contribution in [0.5, 0.6) is 5.75 Å². The Morgan fingerprint density at radius 1 is 1.25 bits per heavy atom. The smallest absolute Gasteiger partial charge is 0.260 e. The molecule has 0 aliphatic carbocycles. The molecule has 1 amide bonds. The largest absolute Gasteiger partial charge is 0.477 e. The number of amides is 1. The normalized spacial score (nSPS) is 16.1. The molecule has 0 aromatic heterocycles. The predicted molar refractivity (Wildman–Crippen MR) is 99.5 cm³/mol. The summed E-state index contributed by atoms with van der Waals surface area (Å²) in [5.41, 5.74) is 9.54. The first-order chi connectivity index (χ1) is 11.5. The van der Waals surface area contributed by atoms with Gasteiger partial charge in [-0.1, -0.05) is 18.2 Å². The topological polar surface area (TPSA) is 67.6 Å². The first-order valence-corrected chi connectivity index (χ1v) is 8.07. The Kier molecular flexibility index (Phi) is 4.40. The second-order valence-electron chi connectivity index (χ2n) is 5.82. The highest BCUT2D eigenvalue weighted by atomic mass is 32.1. The van der Waals surface area contributed by atoms with Crippen LogP contribution in [-0.2, 0) is 4.79 Å². The van der Waals surface area contributed by atoms with Crippen LogP contribution < -0.4 is 20.7 Å². The minimum atomic E-state index is -0.737. The molecule has 1 atom stereocenters. The van der Waals surface area contributed by atoms with Crippen molar-refractivity contribution in [3.63, 3.8) is 0 Å². The zero-order chi connectivity index (χ0) is 17.3. The number of hydrogen-bond donors (Lipinski definition) is 2. The van der Waals surface area contributed by atoms with Gasteiger partial charge in [0, 0.05) is 5.69 Å². The minimum absolute atomic E-state index is 0.281. The molecule has 0 spiro atoms. The number of ether oxygens (including phenoxy) is 1. The maximum absolute atomic E-state index is 11.6. The summed E-state index contributed by atoms with van der Waals surface area (Å²) in [5, 5.41) is 3.73. The third-order valence-electron chi connectivity index (χ3n) is 4.09. The summed E-state index contributed by atoms with van der Waals surface area (Å²) >= 11 is 5.55. The standard InChI is InChI=1S/C18H19N3O2S/c1-11-7-8-13(9-12(11)2)20-18(24)21-10-16(17(19)22)23-15-6-4-3-5-14(15)21/h3-9,16H,10H2,1-2H3,(H2,19,22)(H,20,24). The van der Waals surface area contributed by atoms with Crippen LogP contribution in [-0.4, -0.2) is 23.7 Å². The number of nitrogens with zero attached hydrogens (tertiary/aromatic N) is 1. The molecule has 3 rings (SSSR count). The summed E-state index contributed by atoms with van der Waals surface area (Å²) in [4.78, 5) is 13.4. The van der Waals surface area contributed by atoms with Gasteiger partial charge in [0.05, 0.1) is 12.2 Å². The molecule has 1 heterocycles. The van der Waals surface area contributed by atoms with Crippen molar-refractivity contribution in [3.8, 4) is 5.75 Å². The van der Waals surface area contributed by atoms with Gasteiger partial charge in [-0.15, -0.1) is 0 Å². The molecule has 0 fully saturated rings. The Labute approximate surface area is 146 Å². The number of thiocarbonyl (C=S) groups is 1. The number of aryl methyl sites for hydroxylation is 2.